The number of hydrogen-bond acceptors (Lipinski definition) is 7. The minimum absolute atomic E-state index is 0.00893. The van der Waals surface area contributed by atoms with Crippen LogP contribution in [0.15, 0.2) is 16.8 Å². The van der Waals surface area contributed by atoms with Gasteiger partial charge in [0.25, 0.3) is 5.91 Å². The standard InChI is InChI=1S/C9H9ClN6O2/c1-4-13-9(18-16-4)14-8(17)5-2-6(10)7(15-11)12-3-5/h2-3H,11H2,1H3,(H,12,15)(H,13,14,16,17). The Morgan fingerprint density at radius 2 is 2.33 bits per heavy atom. The van der Waals surface area contributed by atoms with Gasteiger partial charge in [0.05, 0.1) is 10.6 Å². The fourth-order valence-corrected chi connectivity index (χ4v) is 1.41. The summed E-state index contributed by atoms with van der Waals surface area (Å²) in [5.41, 5.74) is 2.54. The Balaban J connectivity index is 2.16. The van der Waals surface area contributed by atoms with Crippen LogP contribution < -0.4 is 16.6 Å². The van der Waals surface area contributed by atoms with Gasteiger partial charge in [0, 0.05) is 6.20 Å². The Labute approximate surface area is 106 Å². The zero-order valence-electron chi connectivity index (χ0n) is 9.27. The third kappa shape index (κ3) is 2.55. The first-order valence-electron chi connectivity index (χ1n) is 4.84. The molecular formula is C9H9ClN6O2. The second kappa shape index (κ2) is 4.98. The van der Waals surface area contributed by atoms with E-state index in [0.29, 0.717) is 5.82 Å². The monoisotopic (exact) mass is 268 g/mol. The average molecular weight is 269 g/mol. The topological polar surface area (TPSA) is 119 Å². The van der Waals surface area contributed by atoms with Gasteiger partial charge in [0.15, 0.2) is 11.6 Å². The summed E-state index contributed by atoms with van der Waals surface area (Å²) in [6.45, 7) is 1.64. The van der Waals surface area contributed by atoms with Gasteiger partial charge in [0.1, 0.15) is 0 Å². The maximum atomic E-state index is 11.8. The molecule has 9 heteroatoms. The van der Waals surface area contributed by atoms with Crippen molar-refractivity contribution in [2.24, 2.45) is 5.84 Å². The predicted octanol–water partition coefficient (Wildman–Crippen LogP) is 0.964. The summed E-state index contributed by atoms with van der Waals surface area (Å²) in [6.07, 6.45) is 1.32. The minimum Gasteiger partial charge on any atom is -0.315 e. The summed E-state index contributed by atoms with van der Waals surface area (Å²) in [5.74, 6) is 5.41. The molecule has 0 spiro atoms. The van der Waals surface area contributed by atoms with Gasteiger partial charge in [-0.15, -0.1) is 0 Å². The molecular weight excluding hydrogens is 260 g/mol. The molecule has 1 amide bonds. The number of rotatable bonds is 3. The molecule has 2 aromatic rings. The van der Waals surface area contributed by atoms with Gasteiger partial charge in [-0.25, -0.2) is 10.8 Å². The molecule has 0 aliphatic carbocycles. The normalized spacial score (nSPS) is 10.2. The van der Waals surface area contributed by atoms with E-state index < -0.39 is 5.91 Å². The van der Waals surface area contributed by atoms with E-state index in [2.05, 4.69) is 25.9 Å². The van der Waals surface area contributed by atoms with Crippen molar-refractivity contribution in [3.05, 3.63) is 28.7 Å². The zero-order chi connectivity index (χ0) is 13.1. The van der Waals surface area contributed by atoms with E-state index in [4.69, 9.17) is 22.0 Å². The molecule has 2 rings (SSSR count). The first-order valence-corrected chi connectivity index (χ1v) is 5.22. The van der Waals surface area contributed by atoms with Crippen LogP contribution in [0.25, 0.3) is 0 Å². The van der Waals surface area contributed by atoms with Crippen molar-refractivity contribution in [2.75, 3.05) is 10.7 Å². The van der Waals surface area contributed by atoms with Gasteiger partial charge >= 0.3 is 6.01 Å². The van der Waals surface area contributed by atoms with Gasteiger partial charge in [-0.05, 0) is 13.0 Å². The Kier molecular flexibility index (Phi) is 3.40. The lowest BCUT2D eigenvalue weighted by Gasteiger charge is -2.04. The number of amides is 1. The van der Waals surface area contributed by atoms with Crippen LogP contribution in [0.2, 0.25) is 5.02 Å². The predicted molar refractivity (Wildman–Crippen MR) is 64.0 cm³/mol. The highest BCUT2D eigenvalue weighted by atomic mass is 35.5. The molecule has 0 aliphatic heterocycles. The van der Waals surface area contributed by atoms with Crippen LogP contribution >= 0.6 is 11.6 Å². The number of carbonyl (C=O) groups excluding carboxylic acids is 1. The number of nitrogens with one attached hydrogen (secondary N) is 2. The van der Waals surface area contributed by atoms with Crippen molar-refractivity contribution < 1.29 is 9.32 Å². The largest absolute Gasteiger partial charge is 0.328 e. The van der Waals surface area contributed by atoms with E-state index in [1.807, 2.05) is 0 Å². The highest BCUT2D eigenvalue weighted by Crippen LogP contribution is 2.19. The van der Waals surface area contributed by atoms with E-state index >= 15 is 0 Å². The highest BCUT2D eigenvalue weighted by Gasteiger charge is 2.12. The smallest absolute Gasteiger partial charge is 0.315 e. The number of aromatic nitrogens is 3. The van der Waals surface area contributed by atoms with Gasteiger partial charge in [0.2, 0.25) is 0 Å². The lowest BCUT2D eigenvalue weighted by molar-refractivity contribution is 0.102. The van der Waals surface area contributed by atoms with Crippen LogP contribution in [0, 0.1) is 6.92 Å². The third-order valence-corrected chi connectivity index (χ3v) is 2.28. The maximum absolute atomic E-state index is 11.8. The lowest BCUT2D eigenvalue weighted by Crippen LogP contribution is -2.14. The molecule has 0 bridgehead atoms. The summed E-state index contributed by atoms with van der Waals surface area (Å²) >= 11 is 5.84. The van der Waals surface area contributed by atoms with E-state index in [1.54, 1.807) is 6.92 Å². The molecule has 0 aromatic carbocycles. The SMILES string of the molecule is Cc1noc(NC(=O)c2cnc(NN)c(Cl)c2)n1. The van der Waals surface area contributed by atoms with Gasteiger partial charge in [-0.2, -0.15) is 4.98 Å². The number of hydrazine groups is 1. The van der Waals surface area contributed by atoms with E-state index in [1.165, 1.54) is 12.3 Å². The number of nitrogens with zero attached hydrogens (tertiary/aromatic N) is 3. The number of nitrogen functional groups attached to an aromatic ring is 1. The van der Waals surface area contributed by atoms with Crippen LogP contribution in [-0.4, -0.2) is 21.0 Å². The summed E-state index contributed by atoms with van der Waals surface area (Å²) < 4.78 is 4.75. The molecule has 0 saturated heterocycles. The summed E-state index contributed by atoms with van der Waals surface area (Å²) in [7, 11) is 0. The number of carbonyl (C=O) groups is 1. The second-order valence-corrected chi connectivity index (χ2v) is 3.71. The number of pyridine rings is 1. The molecule has 2 heterocycles. The average Bonchev–Trinajstić information content (AvgIpc) is 2.74. The Morgan fingerprint density at radius 3 is 2.89 bits per heavy atom. The fraction of sp³-hybridized carbons (Fsp3) is 0.111. The number of hydrogen-bond donors (Lipinski definition) is 3. The molecule has 0 saturated carbocycles. The molecule has 2 aromatic heterocycles. The first-order chi connectivity index (χ1) is 8.60. The second-order valence-electron chi connectivity index (χ2n) is 3.30. The summed E-state index contributed by atoms with van der Waals surface area (Å²) in [5, 5.41) is 6.18. The van der Waals surface area contributed by atoms with Crippen molar-refractivity contribution >= 4 is 29.3 Å². The lowest BCUT2D eigenvalue weighted by atomic mass is 10.2. The van der Waals surface area contributed by atoms with Gasteiger partial charge in [-0.1, -0.05) is 16.8 Å². The quantitative estimate of drug-likeness (QED) is 0.560. The molecule has 4 N–H and O–H groups in total. The fourth-order valence-electron chi connectivity index (χ4n) is 1.19. The van der Waals surface area contributed by atoms with E-state index in [-0.39, 0.29) is 22.4 Å². The molecule has 0 atom stereocenters. The minimum atomic E-state index is -0.461. The third-order valence-electron chi connectivity index (χ3n) is 1.99. The number of nitrogens with two attached hydrogens (primary N) is 1. The van der Waals surface area contributed by atoms with Crippen LogP contribution in [-0.2, 0) is 0 Å². The van der Waals surface area contributed by atoms with Crippen molar-refractivity contribution in [3.8, 4) is 0 Å². The zero-order valence-corrected chi connectivity index (χ0v) is 10.0. The number of aryl methyl sites for hydroxylation is 1. The van der Waals surface area contributed by atoms with Gasteiger partial charge in [-0.3, -0.25) is 10.1 Å². The summed E-state index contributed by atoms with van der Waals surface area (Å²) in [4.78, 5) is 19.5. The molecule has 0 radical (unpaired) electrons. The van der Waals surface area contributed by atoms with Crippen LogP contribution in [0.3, 0.4) is 0 Å². The molecule has 18 heavy (non-hydrogen) atoms. The van der Waals surface area contributed by atoms with E-state index in [9.17, 15) is 4.79 Å². The Morgan fingerprint density at radius 1 is 1.56 bits per heavy atom. The van der Waals surface area contributed by atoms with Gasteiger partial charge < -0.3 is 9.95 Å². The van der Waals surface area contributed by atoms with E-state index in [0.717, 1.165) is 0 Å². The Bertz CT molecular complexity index is 584. The Hall–Kier alpha value is -2.19. The van der Waals surface area contributed by atoms with Crippen LogP contribution in [0.4, 0.5) is 11.8 Å². The number of halogens is 1. The maximum Gasteiger partial charge on any atom is 0.328 e. The highest BCUT2D eigenvalue weighted by molar-refractivity contribution is 6.33. The molecule has 94 valence electrons. The van der Waals surface area contributed by atoms with Crippen molar-refractivity contribution in [1.29, 1.82) is 0 Å². The van der Waals surface area contributed by atoms with Crippen LogP contribution in [0.5, 0.6) is 0 Å². The summed E-state index contributed by atoms with van der Waals surface area (Å²) in [6, 6.07) is 1.43. The first kappa shape index (κ1) is 12.3. The number of anilines is 2. The molecule has 0 aliphatic rings. The van der Waals surface area contributed by atoms with Crippen LogP contribution in [0.1, 0.15) is 16.2 Å². The molecule has 8 nitrogen and oxygen atoms in total. The van der Waals surface area contributed by atoms with Crippen molar-refractivity contribution in [2.45, 2.75) is 6.92 Å². The molecule has 0 fully saturated rings. The molecule has 0 unspecified atom stereocenters. The van der Waals surface area contributed by atoms with Crippen molar-refractivity contribution in [3.63, 3.8) is 0 Å². The van der Waals surface area contributed by atoms with Crippen molar-refractivity contribution in [1.82, 2.24) is 15.1 Å².